The van der Waals surface area contributed by atoms with Crippen LogP contribution in [0.25, 0.3) is 0 Å². The molecule has 130 valence electrons. The van der Waals surface area contributed by atoms with Crippen molar-refractivity contribution in [1.82, 2.24) is 4.31 Å². The quantitative estimate of drug-likeness (QED) is 0.840. The summed E-state index contributed by atoms with van der Waals surface area (Å²) in [4.78, 5) is 13.8. The molecule has 2 saturated carbocycles. The van der Waals surface area contributed by atoms with Crippen molar-refractivity contribution in [3.05, 3.63) is 23.8 Å². The predicted molar refractivity (Wildman–Crippen MR) is 92.5 cm³/mol. The first-order valence-corrected chi connectivity index (χ1v) is 10.4. The number of benzene rings is 1. The lowest BCUT2D eigenvalue weighted by Gasteiger charge is -2.28. The van der Waals surface area contributed by atoms with E-state index in [4.69, 9.17) is 0 Å². The van der Waals surface area contributed by atoms with Gasteiger partial charge in [0.15, 0.2) is 0 Å². The fourth-order valence-corrected chi connectivity index (χ4v) is 6.15. The van der Waals surface area contributed by atoms with E-state index in [-0.39, 0.29) is 18.0 Å². The highest BCUT2D eigenvalue weighted by Gasteiger charge is 2.43. The number of hydrogen-bond acceptors (Lipinski definition) is 3. The van der Waals surface area contributed by atoms with Crippen LogP contribution in [-0.4, -0.2) is 37.3 Å². The molecule has 1 amide bonds. The van der Waals surface area contributed by atoms with Crippen LogP contribution in [0.3, 0.4) is 0 Å². The van der Waals surface area contributed by atoms with Crippen LogP contribution in [0.1, 0.15) is 51.0 Å². The summed E-state index contributed by atoms with van der Waals surface area (Å²) >= 11 is 0. The lowest BCUT2D eigenvalue weighted by Crippen LogP contribution is -2.40. The summed E-state index contributed by atoms with van der Waals surface area (Å²) in [5, 5.41) is 0. The van der Waals surface area contributed by atoms with Crippen LogP contribution in [0.5, 0.6) is 0 Å². The Bertz CT molecular complexity index is 764. The van der Waals surface area contributed by atoms with Crippen molar-refractivity contribution < 1.29 is 13.2 Å². The van der Waals surface area contributed by atoms with Crippen molar-refractivity contribution in [1.29, 1.82) is 0 Å². The van der Waals surface area contributed by atoms with Crippen molar-refractivity contribution in [2.75, 3.05) is 11.4 Å². The monoisotopic (exact) mass is 348 g/mol. The molecule has 0 radical (unpaired) electrons. The molecule has 0 aromatic heterocycles. The standard InChI is InChI=1S/C18H24N2O3S/c1-13(21)19-11-10-14-12-17(8-9-18(14)19)24(22,23)20(16-6-7-16)15-4-2-3-5-15/h8-9,12,15-16H,2-7,10-11H2,1H3. The number of rotatable bonds is 4. The second-order valence-corrected chi connectivity index (χ2v) is 9.06. The molecule has 6 heteroatoms. The van der Waals surface area contributed by atoms with Crippen LogP contribution >= 0.6 is 0 Å². The molecule has 4 rings (SSSR count). The van der Waals surface area contributed by atoms with Crippen molar-refractivity contribution in [3.63, 3.8) is 0 Å². The maximum absolute atomic E-state index is 13.3. The molecule has 0 bridgehead atoms. The number of nitrogens with zero attached hydrogens (tertiary/aromatic N) is 2. The fourth-order valence-electron chi connectivity index (χ4n) is 4.17. The Morgan fingerprint density at radius 2 is 1.79 bits per heavy atom. The summed E-state index contributed by atoms with van der Waals surface area (Å²) in [6.45, 7) is 2.19. The minimum atomic E-state index is -3.45. The Morgan fingerprint density at radius 3 is 2.42 bits per heavy atom. The number of fused-ring (bicyclic) bond motifs is 1. The number of hydrogen-bond donors (Lipinski definition) is 0. The van der Waals surface area contributed by atoms with E-state index in [1.54, 1.807) is 34.3 Å². The number of carbonyl (C=O) groups is 1. The molecule has 24 heavy (non-hydrogen) atoms. The Balaban J connectivity index is 1.68. The molecule has 1 aromatic rings. The molecule has 5 nitrogen and oxygen atoms in total. The van der Waals surface area contributed by atoms with Gasteiger partial charge in [-0.1, -0.05) is 12.8 Å². The molecule has 2 fully saturated rings. The first kappa shape index (κ1) is 16.1. The van der Waals surface area contributed by atoms with E-state index in [0.29, 0.717) is 11.4 Å². The van der Waals surface area contributed by atoms with Gasteiger partial charge in [-0.05, 0) is 55.9 Å². The third kappa shape index (κ3) is 2.65. The molecular weight excluding hydrogens is 324 g/mol. The van der Waals surface area contributed by atoms with Gasteiger partial charge in [0.05, 0.1) is 4.90 Å². The zero-order valence-corrected chi connectivity index (χ0v) is 14.9. The highest BCUT2D eigenvalue weighted by molar-refractivity contribution is 7.89. The summed E-state index contributed by atoms with van der Waals surface area (Å²) in [6, 6.07) is 5.64. The van der Waals surface area contributed by atoms with E-state index in [0.717, 1.165) is 56.2 Å². The van der Waals surface area contributed by atoms with Crippen molar-refractivity contribution in [2.24, 2.45) is 0 Å². The van der Waals surface area contributed by atoms with Gasteiger partial charge in [0.25, 0.3) is 0 Å². The van der Waals surface area contributed by atoms with Crippen LogP contribution in [0.2, 0.25) is 0 Å². The zero-order chi connectivity index (χ0) is 16.9. The smallest absolute Gasteiger partial charge is 0.243 e. The van der Waals surface area contributed by atoms with Gasteiger partial charge >= 0.3 is 0 Å². The molecule has 2 aliphatic carbocycles. The van der Waals surface area contributed by atoms with Crippen molar-refractivity contribution >= 4 is 21.6 Å². The van der Waals surface area contributed by atoms with Crippen molar-refractivity contribution in [3.8, 4) is 0 Å². The Hall–Kier alpha value is -1.40. The first-order valence-electron chi connectivity index (χ1n) is 8.93. The largest absolute Gasteiger partial charge is 0.312 e. The normalized spacial score (nSPS) is 21.5. The molecule has 0 spiro atoms. The summed E-state index contributed by atoms with van der Waals surface area (Å²) in [6.07, 6.45) is 6.92. The summed E-state index contributed by atoms with van der Waals surface area (Å²) < 4.78 is 28.3. The van der Waals surface area contributed by atoms with E-state index < -0.39 is 10.0 Å². The molecule has 1 aromatic carbocycles. The lowest BCUT2D eigenvalue weighted by atomic mass is 10.2. The third-order valence-corrected chi connectivity index (χ3v) is 7.49. The van der Waals surface area contributed by atoms with Gasteiger partial charge in [-0.2, -0.15) is 4.31 Å². The number of amides is 1. The summed E-state index contributed by atoms with van der Waals surface area (Å²) in [5.74, 6) is 0.00918. The predicted octanol–water partition coefficient (Wildman–Crippen LogP) is 2.69. The molecule has 0 unspecified atom stereocenters. The van der Waals surface area contributed by atoms with E-state index in [9.17, 15) is 13.2 Å². The Labute approximate surface area is 143 Å². The van der Waals surface area contributed by atoms with E-state index in [1.807, 2.05) is 0 Å². The molecule has 1 heterocycles. The average molecular weight is 348 g/mol. The van der Waals surface area contributed by atoms with Crippen LogP contribution in [0, 0.1) is 0 Å². The highest BCUT2D eigenvalue weighted by atomic mass is 32.2. The van der Waals surface area contributed by atoms with Gasteiger partial charge in [-0.15, -0.1) is 0 Å². The summed E-state index contributed by atoms with van der Waals surface area (Å²) in [7, 11) is -3.45. The minimum absolute atomic E-state index is 0.00918. The third-order valence-electron chi connectivity index (χ3n) is 5.49. The second-order valence-electron chi connectivity index (χ2n) is 7.22. The SMILES string of the molecule is CC(=O)N1CCc2cc(S(=O)(=O)N(C3CCCC3)C3CC3)ccc21. The van der Waals surface area contributed by atoms with Crippen LogP contribution < -0.4 is 4.90 Å². The molecule has 0 saturated heterocycles. The van der Waals surface area contributed by atoms with Crippen LogP contribution in [0.4, 0.5) is 5.69 Å². The highest BCUT2D eigenvalue weighted by Crippen LogP contribution is 2.39. The molecule has 1 aliphatic heterocycles. The first-order chi connectivity index (χ1) is 11.5. The maximum Gasteiger partial charge on any atom is 0.243 e. The topological polar surface area (TPSA) is 57.7 Å². The Morgan fingerprint density at radius 1 is 1.12 bits per heavy atom. The zero-order valence-electron chi connectivity index (χ0n) is 14.1. The van der Waals surface area contributed by atoms with Gasteiger partial charge in [0.1, 0.15) is 0 Å². The van der Waals surface area contributed by atoms with E-state index in [2.05, 4.69) is 0 Å². The Kier molecular flexibility index (Phi) is 3.92. The number of anilines is 1. The minimum Gasteiger partial charge on any atom is -0.312 e. The van der Waals surface area contributed by atoms with E-state index >= 15 is 0 Å². The van der Waals surface area contributed by atoms with Crippen LogP contribution in [0.15, 0.2) is 23.1 Å². The van der Waals surface area contributed by atoms with Crippen LogP contribution in [-0.2, 0) is 21.2 Å². The van der Waals surface area contributed by atoms with Gasteiger partial charge in [-0.25, -0.2) is 8.42 Å². The van der Waals surface area contributed by atoms with Gasteiger partial charge in [-0.3, -0.25) is 4.79 Å². The molecule has 0 N–H and O–H groups in total. The molecular formula is C18H24N2O3S. The van der Waals surface area contributed by atoms with Gasteiger partial charge in [0, 0.05) is 31.2 Å². The second kappa shape index (κ2) is 5.85. The average Bonchev–Trinajstić information content (AvgIpc) is 3.06. The van der Waals surface area contributed by atoms with Gasteiger partial charge < -0.3 is 4.90 Å². The molecule has 0 atom stereocenters. The lowest BCUT2D eigenvalue weighted by molar-refractivity contribution is -0.116. The fraction of sp³-hybridized carbons (Fsp3) is 0.611. The summed E-state index contributed by atoms with van der Waals surface area (Å²) in [5.41, 5.74) is 1.83. The van der Waals surface area contributed by atoms with E-state index in [1.165, 1.54) is 0 Å². The number of carbonyl (C=O) groups excluding carboxylic acids is 1. The van der Waals surface area contributed by atoms with Crippen molar-refractivity contribution in [2.45, 2.75) is 68.8 Å². The van der Waals surface area contributed by atoms with Gasteiger partial charge in [0.2, 0.25) is 15.9 Å². The molecule has 3 aliphatic rings. The maximum atomic E-state index is 13.3. The number of sulfonamides is 1.